The fourth-order valence-electron chi connectivity index (χ4n) is 4.76. The summed E-state index contributed by atoms with van der Waals surface area (Å²) in [5.41, 5.74) is 2.24. The second-order valence-electron chi connectivity index (χ2n) is 9.32. The van der Waals surface area contributed by atoms with Gasteiger partial charge in [0.1, 0.15) is 11.9 Å². The number of hydrogen-bond donors (Lipinski definition) is 2. The van der Waals surface area contributed by atoms with Gasteiger partial charge in [-0.15, -0.1) is 0 Å². The zero-order chi connectivity index (χ0) is 25.8. The summed E-state index contributed by atoms with van der Waals surface area (Å²) in [7, 11) is 0. The topological polar surface area (TPSA) is 103 Å². The largest absolute Gasteiger partial charge is 0.353 e. The van der Waals surface area contributed by atoms with E-state index in [1.54, 1.807) is 6.07 Å². The minimum Gasteiger partial charge on any atom is -0.353 e. The van der Waals surface area contributed by atoms with E-state index in [2.05, 4.69) is 20.6 Å². The minimum atomic E-state index is -0.815. The SMILES string of the molecule is O=C(CSC1=Nc2ccccc2C2=NC(CC(=O)NC3CCCCC3)C(=O)N12)NCc1ccccc1Cl. The van der Waals surface area contributed by atoms with Gasteiger partial charge in [-0.2, -0.15) is 0 Å². The number of aliphatic imine (C=N–C) groups is 2. The molecule has 2 aromatic rings. The average molecular weight is 538 g/mol. The molecule has 1 aliphatic carbocycles. The van der Waals surface area contributed by atoms with E-state index in [9.17, 15) is 14.4 Å². The van der Waals surface area contributed by atoms with E-state index >= 15 is 0 Å². The fourth-order valence-corrected chi connectivity index (χ4v) is 5.79. The molecule has 3 aliphatic rings. The summed E-state index contributed by atoms with van der Waals surface area (Å²) < 4.78 is 0. The minimum absolute atomic E-state index is 0.00618. The zero-order valence-electron chi connectivity index (χ0n) is 20.3. The molecule has 192 valence electrons. The number of carbonyl (C=O) groups excluding carboxylic acids is 3. The molecule has 5 rings (SSSR count). The van der Waals surface area contributed by atoms with Crippen LogP contribution in [-0.2, 0) is 20.9 Å². The van der Waals surface area contributed by atoms with Crippen molar-refractivity contribution in [3.05, 3.63) is 64.7 Å². The van der Waals surface area contributed by atoms with Crippen LogP contribution >= 0.6 is 23.4 Å². The second kappa shape index (κ2) is 11.5. The number of halogens is 1. The predicted octanol–water partition coefficient (Wildman–Crippen LogP) is 4.19. The summed E-state index contributed by atoms with van der Waals surface area (Å²) in [6, 6.07) is 14.1. The first-order valence-corrected chi connectivity index (χ1v) is 13.9. The number of rotatable bonds is 7. The van der Waals surface area contributed by atoms with Gasteiger partial charge in [-0.05, 0) is 36.6 Å². The van der Waals surface area contributed by atoms with Crippen molar-refractivity contribution in [2.45, 2.75) is 57.2 Å². The van der Waals surface area contributed by atoms with Gasteiger partial charge in [0.05, 0.1) is 17.9 Å². The molecule has 1 unspecified atom stereocenters. The number of hydrogen-bond acceptors (Lipinski definition) is 6. The third-order valence-corrected chi connectivity index (χ3v) is 7.97. The van der Waals surface area contributed by atoms with Crippen molar-refractivity contribution in [1.29, 1.82) is 0 Å². The maximum Gasteiger partial charge on any atom is 0.259 e. The molecule has 2 heterocycles. The van der Waals surface area contributed by atoms with Crippen LogP contribution in [0.15, 0.2) is 58.5 Å². The number of thioether (sulfide) groups is 1. The van der Waals surface area contributed by atoms with E-state index in [0.717, 1.165) is 36.8 Å². The van der Waals surface area contributed by atoms with Gasteiger partial charge >= 0.3 is 0 Å². The van der Waals surface area contributed by atoms with Crippen molar-refractivity contribution in [3.63, 3.8) is 0 Å². The number of nitrogens with zero attached hydrogens (tertiary/aromatic N) is 3. The Morgan fingerprint density at radius 2 is 1.78 bits per heavy atom. The van der Waals surface area contributed by atoms with Crippen molar-refractivity contribution in [2.75, 3.05) is 5.75 Å². The van der Waals surface area contributed by atoms with E-state index in [-0.39, 0.29) is 35.9 Å². The lowest BCUT2D eigenvalue weighted by Crippen LogP contribution is -2.43. The highest BCUT2D eigenvalue weighted by molar-refractivity contribution is 8.14. The van der Waals surface area contributed by atoms with Gasteiger partial charge < -0.3 is 10.6 Å². The molecule has 3 amide bonds. The fraction of sp³-hybridized carbons (Fsp3) is 0.370. The summed E-state index contributed by atoms with van der Waals surface area (Å²) in [6.45, 7) is 0.307. The van der Waals surface area contributed by atoms with E-state index < -0.39 is 6.04 Å². The van der Waals surface area contributed by atoms with Gasteiger partial charge in [0.15, 0.2) is 5.17 Å². The molecule has 0 aromatic heterocycles. The van der Waals surface area contributed by atoms with Crippen LogP contribution in [0.5, 0.6) is 0 Å². The van der Waals surface area contributed by atoms with Crippen LogP contribution in [0.2, 0.25) is 5.02 Å². The van der Waals surface area contributed by atoms with Crippen LogP contribution in [0.4, 0.5) is 5.69 Å². The van der Waals surface area contributed by atoms with Gasteiger partial charge in [0.2, 0.25) is 11.8 Å². The van der Waals surface area contributed by atoms with Crippen LogP contribution in [0.25, 0.3) is 0 Å². The van der Waals surface area contributed by atoms with E-state index in [4.69, 9.17) is 11.6 Å². The van der Waals surface area contributed by atoms with Crippen LogP contribution in [0.3, 0.4) is 0 Å². The van der Waals surface area contributed by atoms with Crippen LogP contribution in [0, 0.1) is 0 Å². The Morgan fingerprint density at radius 3 is 2.59 bits per heavy atom. The Bertz CT molecular complexity index is 1270. The highest BCUT2D eigenvalue weighted by atomic mass is 35.5. The molecule has 0 spiro atoms. The number of nitrogens with one attached hydrogen (secondary N) is 2. The van der Waals surface area contributed by atoms with Gasteiger partial charge in [-0.3, -0.25) is 19.4 Å². The molecule has 1 fully saturated rings. The molecule has 0 radical (unpaired) electrons. The molecule has 0 saturated heterocycles. The third-order valence-electron chi connectivity index (χ3n) is 6.66. The quantitative estimate of drug-likeness (QED) is 0.552. The number of amides is 3. The lowest BCUT2D eigenvalue weighted by molar-refractivity contribution is -0.129. The molecule has 2 N–H and O–H groups in total. The van der Waals surface area contributed by atoms with Crippen LogP contribution in [-0.4, -0.2) is 51.5 Å². The molecular weight excluding hydrogens is 510 g/mol. The number of amidine groups is 2. The number of carbonyl (C=O) groups is 3. The van der Waals surface area contributed by atoms with Gasteiger partial charge in [-0.25, -0.2) is 9.89 Å². The Balaban J connectivity index is 1.26. The van der Waals surface area contributed by atoms with E-state index in [0.29, 0.717) is 28.3 Å². The molecule has 0 bridgehead atoms. The molecule has 1 atom stereocenters. The lowest BCUT2D eigenvalue weighted by atomic mass is 9.95. The first kappa shape index (κ1) is 25.5. The standard InChI is InChI=1S/C27H28ClN5O3S/c28-20-12-6-4-8-17(20)15-29-24(35)16-37-27-32-21-13-7-5-11-19(21)25-31-22(26(36)33(25)27)14-23(34)30-18-9-2-1-3-10-18/h4-8,11-13,18,22H,1-3,9-10,14-16H2,(H,29,35)(H,30,34). The molecule has 10 heteroatoms. The van der Waals surface area contributed by atoms with Crippen LogP contribution < -0.4 is 10.6 Å². The summed E-state index contributed by atoms with van der Waals surface area (Å²) in [6.07, 6.45) is 5.38. The first-order valence-electron chi connectivity index (χ1n) is 12.5. The number of para-hydroxylation sites is 1. The summed E-state index contributed by atoms with van der Waals surface area (Å²) in [5.74, 6) is -0.126. The summed E-state index contributed by atoms with van der Waals surface area (Å²) >= 11 is 7.34. The molecular formula is C27H28ClN5O3S. The average Bonchev–Trinajstić information content (AvgIpc) is 3.23. The molecule has 2 aliphatic heterocycles. The summed E-state index contributed by atoms with van der Waals surface area (Å²) in [4.78, 5) is 49.5. The van der Waals surface area contributed by atoms with Crippen molar-refractivity contribution < 1.29 is 14.4 Å². The monoisotopic (exact) mass is 537 g/mol. The smallest absolute Gasteiger partial charge is 0.259 e. The van der Waals surface area contributed by atoms with Crippen molar-refractivity contribution in [3.8, 4) is 0 Å². The Morgan fingerprint density at radius 1 is 1.03 bits per heavy atom. The lowest BCUT2D eigenvalue weighted by Gasteiger charge is -2.25. The molecule has 2 aromatic carbocycles. The number of fused-ring (bicyclic) bond motifs is 3. The number of benzene rings is 2. The normalized spacial score (nSPS) is 19.0. The van der Waals surface area contributed by atoms with E-state index in [1.165, 1.54) is 23.1 Å². The Hall–Kier alpha value is -3.17. The highest BCUT2D eigenvalue weighted by Crippen LogP contribution is 2.34. The summed E-state index contributed by atoms with van der Waals surface area (Å²) in [5, 5.41) is 6.90. The first-order chi connectivity index (χ1) is 18.0. The van der Waals surface area contributed by atoms with Crippen molar-refractivity contribution in [1.82, 2.24) is 15.5 Å². The maximum absolute atomic E-state index is 13.4. The second-order valence-corrected chi connectivity index (χ2v) is 10.7. The third kappa shape index (κ3) is 5.88. The zero-order valence-corrected chi connectivity index (χ0v) is 21.9. The Kier molecular flexibility index (Phi) is 7.90. The molecule has 37 heavy (non-hydrogen) atoms. The predicted molar refractivity (Wildman–Crippen MR) is 146 cm³/mol. The van der Waals surface area contributed by atoms with Gasteiger partial charge in [0, 0.05) is 23.2 Å². The van der Waals surface area contributed by atoms with Gasteiger partial charge in [-0.1, -0.05) is 73.0 Å². The van der Waals surface area contributed by atoms with Crippen molar-refractivity contribution in [2.24, 2.45) is 9.98 Å². The van der Waals surface area contributed by atoms with Gasteiger partial charge in [0.25, 0.3) is 5.91 Å². The molecule has 1 saturated carbocycles. The molecule has 8 nitrogen and oxygen atoms in total. The van der Waals surface area contributed by atoms with Crippen molar-refractivity contribution >= 4 is 57.8 Å². The van der Waals surface area contributed by atoms with Crippen LogP contribution in [0.1, 0.15) is 49.7 Å². The highest BCUT2D eigenvalue weighted by Gasteiger charge is 2.42. The Labute approximate surface area is 225 Å². The van der Waals surface area contributed by atoms with E-state index in [1.807, 2.05) is 42.5 Å². The maximum atomic E-state index is 13.4.